The SMILES string of the molecule is CCCCCCCCCCCCCCCOC(=O)CC(CCC(OCCCCCCCC)OCCCCCCCC)OC(=O)CCCCN(CC)CC. The third kappa shape index (κ3) is 37.5. The molecular weight excluding hydrogens is 663 g/mol. The summed E-state index contributed by atoms with van der Waals surface area (Å²) in [6, 6.07) is 0. The molecule has 0 aliphatic rings. The van der Waals surface area contributed by atoms with Crippen molar-refractivity contribution in [2.45, 2.75) is 246 Å². The van der Waals surface area contributed by atoms with E-state index in [1.807, 2.05) is 0 Å². The molecule has 0 aromatic rings. The van der Waals surface area contributed by atoms with Crippen molar-refractivity contribution in [2.75, 3.05) is 39.5 Å². The average Bonchev–Trinajstić information content (AvgIpc) is 3.15. The van der Waals surface area contributed by atoms with E-state index in [-0.39, 0.29) is 24.6 Å². The predicted molar refractivity (Wildman–Crippen MR) is 224 cm³/mol. The van der Waals surface area contributed by atoms with Crippen molar-refractivity contribution >= 4 is 11.9 Å². The lowest BCUT2D eigenvalue weighted by molar-refractivity contribution is -0.163. The van der Waals surface area contributed by atoms with E-state index in [0.717, 1.165) is 58.2 Å². The van der Waals surface area contributed by atoms with Gasteiger partial charge in [0.05, 0.1) is 13.0 Å². The zero-order valence-electron chi connectivity index (χ0n) is 36.2. The summed E-state index contributed by atoms with van der Waals surface area (Å²) in [6.07, 6.45) is 33.7. The van der Waals surface area contributed by atoms with Gasteiger partial charge in [0.15, 0.2) is 6.29 Å². The van der Waals surface area contributed by atoms with Gasteiger partial charge >= 0.3 is 11.9 Å². The summed E-state index contributed by atoms with van der Waals surface area (Å²) in [6.45, 7) is 15.9. The van der Waals surface area contributed by atoms with Crippen LogP contribution in [0, 0.1) is 0 Å². The highest BCUT2D eigenvalue weighted by molar-refractivity contribution is 5.72. The number of ether oxygens (including phenoxy) is 4. The normalized spacial score (nSPS) is 12.2. The molecule has 0 spiro atoms. The lowest BCUT2D eigenvalue weighted by Crippen LogP contribution is -2.27. The van der Waals surface area contributed by atoms with E-state index < -0.39 is 6.10 Å². The Morgan fingerprint density at radius 2 is 0.868 bits per heavy atom. The molecule has 53 heavy (non-hydrogen) atoms. The van der Waals surface area contributed by atoms with Crippen LogP contribution in [0.25, 0.3) is 0 Å². The van der Waals surface area contributed by atoms with E-state index >= 15 is 0 Å². The molecule has 0 aromatic heterocycles. The maximum atomic E-state index is 13.0. The van der Waals surface area contributed by atoms with Crippen molar-refractivity contribution in [3.63, 3.8) is 0 Å². The second-order valence-electron chi connectivity index (χ2n) is 15.5. The molecule has 0 radical (unpaired) electrons. The zero-order valence-corrected chi connectivity index (χ0v) is 36.2. The summed E-state index contributed by atoms with van der Waals surface area (Å²) in [4.78, 5) is 28.3. The fourth-order valence-electron chi connectivity index (χ4n) is 6.87. The van der Waals surface area contributed by atoms with Crippen LogP contribution in [-0.4, -0.2) is 68.7 Å². The van der Waals surface area contributed by atoms with Gasteiger partial charge in [0.25, 0.3) is 0 Å². The summed E-state index contributed by atoms with van der Waals surface area (Å²) in [5.41, 5.74) is 0. The third-order valence-electron chi connectivity index (χ3n) is 10.5. The average molecular weight is 754 g/mol. The number of carbonyl (C=O) groups is 2. The van der Waals surface area contributed by atoms with Gasteiger partial charge in [0.1, 0.15) is 6.10 Å². The zero-order chi connectivity index (χ0) is 38.9. The monoisotopic (exact) mass is 754 g/mol. The third-order valence-corrected chi connectivity index (χ3v) is 10.5. The van der Waals surface area contributed by atoms with Crippen molar-refractivity contribution in [1.82, 2.24) is 4.90 Å². The lowest BCUT2D eigenvalue weighted by atomic mass is 10.0. The van der Waals surface area contributed by atoms with Crippen LogP contribution >= 0.6 is 0 Å². The van der Waals surface area contributed by atoms with Gasteiger partial charge in [-0.15, -0.1) is 0 Å². The first-order valence-corrected chi connectivity index (χ1v) is 23.3. The highest BCUT2D eigenvalue weighted by Gasteiger charge is 2.22. The molecule has 0 heterocycles. The summed E-state index contributed by atoms with van der Waals surface area (Å²) in [7, 11) is 0. The Labute approximate surface area is 330 Å². The molecule has 0 aliphatic carbocycles. The molecule has 0 bridgehead atoms. The number of unbranched alkanes of at least 4 members (excludes halogenated alkanes) is 23. The molecule has 0 aromatic carbocycles. The largest absolute Gasteiger partial charge is 0.466 e. The summed E-state index contributed by atoms with van der Waals surface area (Å²) in [5.74, 6) is -0.503. The van der Waals surface area contributed by atoms with Gasteiger partial charge < -0.3 is 23.8 Å². The Bertz CT molecular complexity index is 742. The molecule has 0 fully saturated rings. The highest BCUT2D eigenvalue weighted by Crippen LogP contribution is 2.18. The molecule has 0 saturated heterocycles. The molecule has 316 valence electrons. The van der Waals surface area contributed by atoms with Crippen LogP contribution in [-0.2, 0) is 28.5 Å². The van der Waals surface area contributed by atoms with Crippen LogP contribution < -0.4 is 0 Å². The van der Waals surface area contributed by atoms with Gasteiger partial charge in [-0.3, -0.25) is 9.59 Å². The number of carbonyl (C=O) groups excluding carboxylic acids is 2. The van der Waals surface area contributed by atoms with Crippen LogP contribution in [0.15, 0.2) is 0 Å². The highest BCUT2D eigenvalue weighted by atomic mass is 16.7. The van der Waals surface area contributed by atoms with Crippen molar-refractivity contribution in [3.05, 3.63) is 0 Å². The summed E-state index contributed by atoms with van der Waals surface area (Å²) in [5, 5.41) is 0. The van der Waals surface area contributed by atoms with Crippen LogP contribution in [0.4, 0.5) is 0 Å². The van der Waals surface area contributed by atoms with Gasteiger partial charge in [0, 0.05) is 26.1 Å². The standard InChI is InChI=1S/C46H91NO6/c1-6-11-14-17-20-21-22-23-24-25-26-29-32-39-50-45(49)42-43(53-44(48)35-30-31-38-47(9-4)10-5)36-37-46(51-40-33-27-18-15-12-7-2)52-41-34-28-19-16-13-8-3/h43,46H,6-42H2,1-5H3. The molecule has 1 unspecified atom stereocenters. The Morgan fingerprint density at radius 1 is 0.453 bits per heavy atom. The molecule has 0 aliphatic heterocycles. The van der Waals surface area contributed by atoms with Gasteiger partial charge in [-0.25, -0.2) is 0 Å². The Hall–Kier alpha value is -1.18. The minimum absolute atomic E-state index is 0.0885. The molecule has 7 nitrogen and oxygen atoms in total. The van der Waals surface area contributed by atoms with E-state index in [0.29, 0.717) is 39.1 Å². The van der Waals surface area contributed by atoms with Crippen LogP contribution in [0.5, 0.6) is 0 Å². The van der Waals surface area contributed by atoms with E-state index in [1.54, 1.807) is 0 Å². The molecule has 7 heteroatoms. The van der Waals surface area contributed by atoms with Gasteiger partial charge in [-0.1, -0.05) is 176 Å². The van der Waals surface area contributed by atoms with Crippen LogP contribution in [0.3, 0.4) is 0 Å². The fourth-order valence-corrected chi connectivity index (χ4v) is 6.87. The number of hydrogen-bond acceptors (Lipinski definition) is 7. The molecule has 0 rings (SSSR count). The summed E-state index contributed by atoms with van der Waals surface area (Å²) < 4.78 is 24.1. The van der Waals surface area contributed by atoms with Crippen molar-refractivity contribution < 1.29 is 28.5 Å². The lowest BCUT2D eigenvalue weighted by Gasteiger charge is -2.23. The van der Waals surface area contributed by atoms with Crippen molar-refractivity contribution in [3.8, 4) is 0 Å². The number of nitrogens with zero attached hydrogens (tertiary/aromatic N) is 1. The predicted octanol–water partition coefficient (Wildman–Crippen LogP) is 13.3. The molecule has 0 saturated carbocycles. The maximum Gasteiger partial charge on any atom is 0.309 e. The Morgan fingerprint density at radius 3 is 1.30 bits per heavy atom. The van der Waals surface area contributed by atoms with Gasteiger partial charge in [0.2, 0.25) is 0 Å². The first kappa shape index (κ1) is 51.8. The first-order chi connectivity index (χ1) is 26.0. The first-order valence-electron chi connectivity index (χ1n) is 23.3. The fraction of sp³-hybridized carbons (Fsp3) is 0.957. The summed E-state index contributed by atoms with van der Waals surface area (Å²) >= 11 is 0. The van der Waals surface area contributed by atoms with E-state index in [1.165, 1.54) is 135 Å². The molecule has 0 amide bonds. The maximum absolute atomic E-state index is 13.0. The number of esters is 2. The van der Waals surface area contributed by atoms with Gasteiger partial charge in [-0.2, -0.15) is 0 Å². The smallest absolute Gasteiger partial charge is 0.309 e. The second-order valence-corrected chi connectivity index (χ2v) is 15.5. The molecule has 0 N–H and O–H groups in total. The van der Waals surface area contributed by atoms with Crippen LogP contribution in [0.1, 0.15) is 234 Å². The van der Waals surface area contributed by atoms with E-state index in [9.17, 15) is 9.59 Å². The second kappa shape index (κ2) is 42.0. The number of rotatable bonds is 43. The quantitative estimate of drug-likeness (QED) is 0.0349. The van der Waals surface area contributed by atoms with E-state index in [4.69, 9.17) is 18.9 Å². The molecular formula is C46H91NO6. The topological polar surface area (TPSA) is 74.3 Å². The minimum atomic E-state index is -0.526. The van der Waals surface area contributed by atoms with Crippen molar-refractivity contribution in [2.24, 2.45) is 0 Å². The Balaban J connectivity index is 4.84. The minimum Gasteiger partial charge on any atom is -0.466 e. The van der Waals surface area contributed by atoms with Crippen LogP contribution in [0.2, 0.25) is 0 Å². The van der Waals surface area contributed by atoms with Crippen molar-refractivity contribution in [1.29, 1.82) is 0 Å². The van der Waals surface area contributed by atoms with E-state index in [2.05, 4.69) is 39.5 Å². The van der Waals surface area contributed by atoms with Gasteiger partial charge in [-0.05, 0) is 58.2 Å². The Kier molecular flexibility index (Phi) is 41.0. The number of hydrogen-bond donors (Lipinski definition) is 0. The molecule has 1 atom stereocenters.